The van der Waals surface area contributed by atoms with Gasteiger partial charge in [0.05, 0.1) is 5.92 Å². The molecule has 104 valence electrons. The summed E-state index contributed by atoms with van der Waals surface area (Å²) in [4.78, 5) is 19.9. The smallest absolute Gasteiger partial charge is 0.310 e. The molecule has 5 nitrogen and oxygen atoms in total. The highest BCUT2D eigenvalue weighted by molar-refractivity contribution is 5.78. The molecule has 0 spiro atoms. The lowest BCUT2D eigenvalue weighted by Crippen LogP contribution is -2.07. The van der Waals surface area contributed by atoms with Crippen LogP contribution in [0.25, 0.3) is 16.9 Å². The summed E-state index contributed by atoms with van der Waals surface area (Å²) in [6, 6.07) is 9.70. The molecule has 3 aromatic rings. The number of carbonyl (C=O) groups is 1. The van der Waals surface area contributed by atoms with Gasteiger partial charge in [0, 0.05) is 11.9 Å². The van der Waals surface area contributed by atoms with Crippen molar-refractivity contribution < 1.29 is 9.90 Å². The Morgan fingerprint density at radius 2 is 2.19 bits per heavy atom. The van der Waals surface area contributed by atoms with E-state index < -0.39 is 5.97 Å². The van der Waals surface area contributed by atoms with E-state index in [1.54, 1.807) is 12.5 Å². The van der Waals surface area contributed by atoms with Crippen LogP contribution in [0.3, 0.4) is 0 Å². The number of nitrogens with zero attached hydrogens (tertiary/aromatic N) is 3. The van der Waals surface area contributed by atoms with Gasteiger partial charge in [-0.15, -0.1) is 0 Å². The third kappa shape index (κ3) is 1.81. The monoisotopic (exact) mass is 279 g/mol. The molecule has 0 radical (unpaired) electrons. The minimum Gasteiger partial charge on any atom is -0.481 e. The number of aliphatic carboxylic acids is 1. The summed E-state index contributed by atoms with van der Waals surface area (Å²) in [6.45, 7) is 0. The standard InChI is InChI=1S/C16H13N3O2/c20-16(21)13-5-3-10-8-11(4-6-12(10)13)19-9-18-14-2-1-7-17-15(14)19/h1-2,4,6-9,13H,3,5H2,(H,20,21). The Labute approximate surface area is 120 Å². The van der Waals surface area contributed by atoms with Crippen molar-refractivity contribution in [3.63, 3.8) is 0 Å². The number of hydrogen-bond acceptors (Lipinski definition) is 3. The summed E-state index contributed by atoms with van der Waals surface area (Å²) in [6.07, 6.45) is 4.98. The lowest BCUT2D eigenvalue weighted by atomic mass is 10.0. The molecule has 0 saturated heterocycles. The number of aromatic nitrogens is 3. The van der Waals surface area contributed by atoms with Crippen molar-refractivity contribution in [3.05, 3.63) is 54.0 Å². The fraction of sp³-hybridized carbons (Fsp3) is 0.188. The molecule has 1 aromatic carbocycles. The Bertz CT molecular complexity index is 854. The van der Waals surface area contributed by atoms with Crippen molar-refractivity contribution in [2.75, 3.05) is 0 Å². The van der Waals surface area contributed by atoms with E-state index >= 15 is 0 Å². The van der Waals surface area contributed by atoms with E-state index in [1.165, 1.54) is 0 Å². The van der Waals surface area contributed by atoms with E-state index in [2.05, 4.69) is 9.97 Å². The van der Waals surface area contributed by atoms with Crippen LogP contribution in [-0.2, 0) is 11.2 Å². The van der Waals surface area contributed by atoms with Gasteiger partial charge in [0.2, 0.25) is 0 Å². The first kappa shape index (κ1) is 12.1. The number of pyridine rings is 1. The van der Waals surface area contributed by atoms with Crippen LogP contribution in [0.15, 0.2) is 42.9 Å². The fourth-order valence-corrected chi connectivity index (χ4v) is 3.05. The van der Waals surface area contributed by atoms with Gasteiger partial charge in [-0.1, -0.05) is 6.07 Å². The van der Waals surface area contributed by atoms with Gasteiger partial charge < -0.3 is 5.11 Å². The van der Waals surface area contributed by atoms with Crippen LogP contribution >= 0.6 is 0 Å². The zero-order valence-electron chi connectivity index (χ0n) is 11.2. The maximum absolute atomic E-state index is 11.2. The van der Waals surface area contributed by atoms with Crippen LogP contribution in [0, 0.1) is 0 Å². The summed E-state index contributed by atoms with van der Waals surface area (Å²) >= 11 is 0. The molecule has 0 bridgehead atoms. The third-order valence-electron chi connectivity index (χ3n) is 4.09. The third-order valence-corrected chi connectivity index (χ3v) is 4.09. The number of aryl methyl sites for hydroxylation is 1. The summed E-state index contributed by atoms with van der Waals surface area (Å²) in [5.74, 6) is -1.11. The van der Waals surface area contributed by atoms with E-state index in [1.807, 2.05) is 34.9 Å². The molecule has 1 aliphatic carbocycles. The summed E-state index contributed by atoms with van der Waals surface area (Å²) < 4.78 is 1.93. The van der Waals surface area contributed by atoms with Crippen LogP contribution in [0.2, 0.25) is 0 Å². The van der Waals surface area contributed by atoms with Gasteiger partial charge in [-0.05, 0) is 48.2 Å². The minimum atomic E-state index is -0.740. The van der Waals surface area contributed by atoms with Gasteiger partial charge in [-0.2, -0.15) is 0 Å². The highest BCUT2D eigenvalue weighted by atomic mass is 16.4. The number of imidazole rings is 1. The predicted octanol–water partition coefficient (Wildman–Crippen LogP) is 2.53. The van der Waals surface area contributed by atoms with Crippen LogP contribution in [0.4, 0.5) is 0 Å². The fourth-order valence-electron chi connectivity index (χ4n) is 3.05. The Hall–Kier alpha value is -2.69. The van der Waals surface area contributed by atoms with Gasteiger partial charge in [-0.25, -0.2) is 9.97 Å². The molecule has 5 heteroatoms. The maximum Gasteiger partial charge on any atom is 0.310 e. The van der Waals surface area contributed by atoms with Crippen molar-refractivity contribution in [1.29, 1.82) is 0 Å². The molecular weight excluding hydrogens is 266 g/mol. The minimum absolute atomic E-state index is 0.369. The molecule has 1 N–H and O–H groups in total. The Kier molecular flexibility index (Phi) is 2.54. The van der Waals surface area contributed by atoms with E-state index in [9.17, 15) is 9.90 Å². The van der Waals surface area contributed by atoms with Crippen LogP contribution in [0.1, 0.15) is 23.5 Å². The first-order valence-corrected chi connectivity index (χ1v) is 6.88. The molecule has 0 aliphatic heterocycles. The number of carboxylic acids is 1. The molecule has 1 unspecified atom stereocenters. The molecule has 2 aromatic heterocycles. The number of benzene rings is 1. The van der Waals surface area contributed by atoms with Crippen LogP contribution in [0.5, 0.6) is 0 Å². The lowest BCUT2D eigenvalue weighted by Gasteiger charge is -2.09. The first-order chi connectivity index (χ1) is 10.2. The van der Waals surface area contributed by atoms with Gasteiger partial charge in [0.15, 0.2) is 5.65 Å². The van der Waals surface area contributed by atoms with E-state index in [4.69, 9.17) is 0 Å². The average molecular weight is 279 g/mol. The molecule has 0 saturated carbocycles. The number of carboxylic acid groups (broad SMARTS) is 1. The van der Waals surface area contributed by atoms with E-state index in [-0.39, 0.29) is 5.92 Å². The summed E-state index contributed by atoms with van der Waals surface area (Å²) in [7, 11) is 0. The highest BCUT2D eigenvalue weighted by Gasteiger charge is 2.28. The molecule has 2 heterocycles. The SMILES string of the molecule is O=C(O)C1CCc2cc(-n3cnc4cccnc43)ccc21. The zero-order chi connectivity index (χ0) is 14.4. The average Bonchev–Trinajstić information content (AvgIpc) is 3.10. The molecular formula is C16H13N3O2. The Morgan fingerprint density at radius 3 is 3.05 bits per heavy atom. The van der Waals surface area contributed by atoms with Crippen molar-refractivity contribution in [3.8, 4) is 5.69 Å². The molecule has 1 aliphatic rings. The van der Waals surface area contributed by atoms with Crippen LogP contribution < -0.4 is 0 Å². The van der Waals surface area contributed by atoms with Gasteiger partial charge >= 0.3 is 5.97 Å². The van der Waals surface area contributed by atoms with Gasteiger partial charge in [0.25, 0.3) is 0 Å². The number of fused-ring (bicyclic) bond motifs is 2. The summed E-state index contributed by atoms with van der Waals surface area (Å²) in [5, 5.41) is 9.23. The Morgan fingerprint density at radius 1 is 1.29 bits per heavy atom. The van der Waals surface area contributed by atoms with Crippen LogP contribution in [-0.4, -0.2) is 25.6 Å². The van der Waals surface area contributed by atoms with Gasteiger partial charge in [0.1, 0.15) is 11.8 Å². The first-order valence-electron chi connectivity index (χ1n) is 6.88. The molecule has 0 fully saturated rings. The van der Waals surface area contributed by atoms with Crippen molar-refractivity contribution in [1.82, 2.24) is 14.5 Å². The van der Waals surface area contributed by atoms with E-state index in [0.29, 0.717) is 6.42 Å². The van der Waals surface area contributed by atoms with Crippen molar-refractivity contribution in [2.45, 2.75) is 18.8 Å². The normalized spacial score (nSPS) is 17.0. The predicted molar refractivity (Wildman–Crippen MR) is 77.6 cm³/mol. The zero-order valence-corrected chi connectivity index (χ0v) is 11.2. The quantitative estimate of drug-likeness (QED) is 0.782. The number of hydrogen-bond donors (Lipinski definition) is 1. The van der Waals surface area contributed by atoms with Crippen molar-refractivity contribution in [2.24, 2.45) is 0 Å². The second-order valence-corrected chi connectivity index (χ2v) is 5.27. The molecule has 1 atom stereocenters. The number of rotatable bonds is 2. The highest BCUT2D eigenvalue weighted by Crippen LogP contribution is 2.34. The van der Waals surface area contributed by atoms with Gasteiger partial charge in [-0.3, -0.25) is 9.36 Å². The second-order valence-electron chi connectivity index (χ2n) is 5.27. The van der Waals surface area contributed by atoms with E-state index in [0.717, 1.165) is 34.4 Å². The second kappa shape index (κ2) is 4.41. The molecule has 0 amide bonds. The Balaban J connectivity index is 1.83. The molecule has 21 heavy (non-hydrogen) atoms. The lowest BCUT2D eigenvalue weighted by molar-refractivity contribution is -0.138. The largest absolute Gasteiger partial charge is 0.481 e. The maximum atomic E-state index is 11.2. The van der Waals surface area contributed by atoms with Crippen molar-refractivity contribution >= 4 is 17.1 Å². The summed E-state index contributed by atoms with van der Waals surface area (Å²) in [5.41, 5.74) is 4.67. The topological polar surface area (TPSA) is 68.0 Å². The molecule has 4 rings (SSSR count).